The van der Waals surface area contributed by atoms with Gasteiger partial charge in [0.05, 0.1) is 0 Å². The highest BCUT2D eigenvalue weighted by atomic mass is 14.5. The fourth-order valence-electron chi connectivity index (χ4n) is 2.17. The minimum Gasteiger partial charge on any atom is -0.0622 e. The maximum absolute atomic E-state index is 2.37. The molecule has 0 unspecified atom stereocenters. The molecule has 1 rings (SSSR count). The summed E-state index contributed by atoms with van der Waals surface area (Å²) < 4.78 is 0. The molecule has 0 aromatic rings. The van der Waals surface area contributed by atoms with E-state index in [2.05, 4.69) is 34.6 Å². The van der Waals surface area contributed by atoms with Gasteiger partial charge in [0.2, 0.25) is 0 Å². The van der Waals surface area contributed by atoms with Crippen molar-refractivity contribution in [2.24, 2.45) is 16.7 Å². The molecule has 11 heavy (non-hydrogen) atoms. The third kappa shape index (κ3) is 2.21. The van der Waals surface area contributed by atoms with Gasteiger partial charge in [0.1, 0.15) is 0 Å². The summed E-state index contributed by atoms with van der Waals surface area (Å²) in [6.45, 7) is 11.8. The fraction of sp³-hybridized carbons (Fsp3) is 1.00. The monoisotopic (exact) mass is 154 g/mol. The molecule has 1 aliphatic carbocycles. The third-order valence-corrected chi connectivity index (χ3v) is 3.00. The predicted octanol–water partition coefficient (Wildman–Crippen LogP) is 3.86. The van der Waals surface area contributed by atoms with Crippen molar-refractivity contribution in [3.05, 3.63) is 0 Å². The van der Waals surface area contributed by atoms with Gasteiger partial charge in [-0.2, -0.15) is 0 Å². The summed E-state index contributed by atoms with van der Waals surface area (Å²) in [4.78, 5) is 0. The lowest BCUT2D eigenvalue weighted by atomic mass is 9.77. The molecular formula is C11H22. The van der Waals surface area contributed by atoms with E-state index in [9.17, 15) is 0 Å². The van der Waals surface area contributed by atoms with Crippen molar-refractivity contribution < 1.29 is 0 Å². The Hall–Kier alpha value is 0. The van der Waals surface area contributed by atoms with Gasteiger partial charge >= 0.3 is 0 Å². The Kier molecular flexibility index (Phi) is 2.07. The average Bonchev–Trinajstić information content (AvgIpc) is 2.43. The zero-order valence-electron chi connectivity index (χ0n) is 8.70. The van der Waals surface area contributed by atoms with Crippen molar-refractivity contribution in [1.82, 2.24) is 0 Å². The minimum absolute atomic E-state index is 0.529. The second-order valence-electron chi connectivity index (χ2n) is 5.75. The molecule has 1 saturated carbocycles. The van der Waals surface area contributed by atoms with Crippen LogP contribution >= 0.6 is 0 Å². The van der Waals surface area contributed by atoms with Crippen molar-refractivity contribution in [1.29, 1.82) is 0 Å². The summed E-state index contributed by atoms with van der Waals surface area (Å²) in [6, 6.07) is 0. The van der Waals surface area contributed by atoms with Gasteiger partial charge in [0.15, 0.2) is 0 Å². The molecule has 0 aromatic heterocycles. The molecule has 0 saturated heterocycles. The molecule has 0 radical (unpaired) electrons. The summed E-state index contributed by atoms with van der Waals surface area (Å²) in [6.07, 6.45) is 4.36. The van der Waals surface area contributed by atoms with Crippen LogP contribution in [0, 0.1) is 16.7 Å². The maximum Gasteiger partial charge on any atom is -0.0269 e. The van der Waals surface area contributed by atoms with E-state index in [0.29, 0.717) is 5.41 Å². The highest BCUT2D eigenvalue weighted by Crippen LogP contribution is 2.58. The first-order chi connectivity index (χ1) is 4.86. The minimum atomic E-state index is 0.529. The van der Waals surface area contributed by atoms with E-state index in [4.69, 9.17) is 0 Å². The Labute approximate surface area is 71.4 Å². The van der Waals surface area contributed by atoms with E-state index in [1.54, 1.807) is 0 Å². The van der Waals surface area contributed by atoms with Gasteiger partial charge in [0, 0.05) is 0 Å². The predicted molar refractivity (Wildman–Crippen MR) is 50.6 cm³/mol. The second kappa shape index (κ2) is 2.50. The van der Waals surface area contributed by atoms with Gasteiger partial charge in [-0.1, -0.05) is 34.6 Å². The van der Waals surface area contributed by atoms with Crippen LogP contribution < -0.4 is 0 Å². The largest absolute Gasteiger partial charge is 0.0622 e. The molecule has 0 heterocycles. The van der Waals surface area contributed by atoms with Crippen LogP contribution in [-0.2, 0) is 0 Å². The Balaban J connectivity index is 2.48. The van der Waals surface area contributed by atoms with E-state index in [1.807, 2.05) is 0 Å². The van der Waals surface area contributed by atoms with E-state index in [-0.39, 0.29) is 0 Å². The summed E-state index contributed by atoms with van der Waals surface area (Å²) in [5.41, 5.74) is 1.26. The smallest absolute Gasteiger partial charge is 0.0269 e. The van der Waals surface area contributed by atoms with Crippen LogP contribution in [-0.4, -0.2) is 0 Å². The summed E-state index contributed by atoms with van der Waals surface area (Å²) in [5, 5.41) is 0. The number of hydrogen-bond acceptors (Lipinski definition) is 0. The molecule has 0 nitrogen and oxygen atoms in total. The summed E-state index contributed by atoms with van der Waals surface area (Å²) in [5.74, 6) is 0.890. The molecule has 0 bridgehead atoms. The fourth-order valence-corrected chi connectivity index (χ4v) is 2.17. The highest BCUT2D eigenvalue weighted by Gasteiger charge is 2.47. The molecule has 0 spiro atoms. The van der Waals surface area contributed by atoms with Crippen molar-refractivity contribution in [3.8, 4) is 0 Å². The van der Waals surface area contributed by atoms with Crippen LogP contribution in [0.5, 0.6) is 0 Å². The molecule has 0 amide bonds. The molecule has 0 N–H and O–H groups in total. The summed E-state index contributed by atoms with van der Waals surface area (Å²) in [7, 11) is 0. The molecule has 66 valence electrons. The van der Waals surface area contributed by atoms with Gasteiger partial charge < -0.3 is 0 Å². The lowest BCUT2D eigenvalue weighted by Crippen LogP contribution is -2.18. The molecule has 0 heteroatoms. The van der Waals surface area contributed by atoms with Crippen molar-refractivity contribution >= 4 is 0 Å². The van der Waals surface area contributed by atoms with Crippen molar-refractivity contribution in [3.63, 3.8) is 0 Å². The zero-order chi connectivity index (χ0) is 8.70. The van der Waals surface area contributed by atoms with Gasteiger partial charge in [-0.05, 0) is 36.0 Å². The molecule has 1 fully saturated rings. The van der Waals surface area contributed by atoms with Crippen LogP contribution in [0.1, 0.15) is 53.9 Å². The van der Waals surface area contributed by atoms with Gasteiger partial charge in [-0.25, -0.2) is 0 Å². The lowest BCUT2D eigenvalue weighted by molar-refractivity contribution is 0.222. The second-order valence-corrected chi connectivity index (χ2v) is 5.75. The first kappa shape index (κ1) is 9.09. The van der Waals surface area contributed by atoms with Crippen LogP contribution in [0.4, 0.5) is 0 Å². The summed E-state index contributed by atoms with van der Waals surface area (Å²) >= 11 is 0. The zero-order valence-corrected chi connectivity index (χ0v) is 8.70. The maximum atomic E-state index is 2.37. The van der Waals surface area contributed by atoms with E-state index >= 15 is 0 Å². The average molecular weight is 154 g/mol. The van der Waals surface area contributed by atoms with Gasteiger partial charge in [-0.15, -0.1) is 0 Å². The first-order valence-electron chi connectivity index (χ1n) is 4.86. The van der Waals surface area contributed by atoms with Crippen LogP contribution in [0.3, 0.4) is 0 Å². The third-order valence-electron chi connectivity index (χ3n) is 3.00. The van der Waals surface area contributed by atoms with E-state index in [1.165, 1.54) is 19.3 Å². The van der Waals surface area contributed by atoms with Crippen LogP contribution in [0.15, 0.2) is 0 Å². The SMILES string of the molecule is CC(C)C1(CC(C)(C)C)CC1. The Bertz CT molecular complexity index is 133. The number of hydrogen-bond donors (Lipinski definition) is 0. The lowest BCUT2D eigenvalue weighted by Gasteiger charge is -2.28. The Morgan fingerprint density at radius 1 is 1.18 bits per heavy atom. The molecule has 0 aliphatic heterocycles. The topological polar surface area (TPSA) is 0 Å². The van der Waals surface area contributed by atoms with Crippen LogP contribution in [0.2, 0.25) is 0 Å². The molecule has 0 atom stereocenters. The Morgan fingerprint density at radius 2 is 1.64 bits per heavy atom. The van der Waals surface area contributed by atoms with Gasteiger partial charge in [-0.3, -0.25) is 0 Å². The quantitative estimate of drug-likeness (QED) is 0.566. The van der Waals surface area contributed by atoms with Crippen LogP contribution in [0.25, 0.3) is 0 Å². The molecule has 1 aliphatic rings. The molecular weight excluding hydrogens is 132 g/mol. The highest BCUT2D eigenvalue weighted by molar-refractivity contribution is 4.97. The van der Waals surface area contributed by atoms with Crippen molar-refractivity contribution in [2.45, 2.75) is 53.9 Å². The molecule has 0 aromatic carbocycles. The first-order valence-corrected chi connectivity index (χ1v) is 4.86. The Morgan fingerprint density at radius 3 is 1.73 bits per heavy atom. The standard InChI is InChI=1S/C11H22/c1-9(2)11(6-7-11)8-10(3,4)5/h9H,6-8H2,1-5H3. The van der Waals surface area contributed by atoms with E-state index in [0.717, 1.165) is 11.3 Å². The van der Waals surface area contributed by atoms with Gasteiger partial charge in [0.25, 0.3) is 0 Å². The normalized spacial score (nSPS) is 22.4. The number of rotatable bonds is 2. The van der Waals surface area contributed by atoms with E-state index < -0.39 is 0 Å². The van der Waals surface area contributed by atoms with Crippen molar-refractivity contribution in [2.75, 3.05) is 0 Å².